The molecule has 0 spiro atoms. The third-order valence-electron chi connectivity index (χ3n) is 3.71. The van der Waals surface area contributed by atoms with Crippen molar-refractivity contribution in [3.8, 4) is 0 Å². The van der Waals surface area contributed by atoms with Crippen molar-refractivity contribution < 1.29 is 13.2 Å². The number of anilines is 1. The maximum atomic E-state index is 12.6. The van der Waals surface area contributed by atoms with E-state index in [9.17, 15) is 13.2 Å². The minimum Gasteiger partial charge on any atom is -0.322 e. The molecule has 0 bridgehead atoms. The fourth-order valence-corrected chi connectivity index (χ4v) is 4.04. The summed E-state index contributed by atoms with van der Waals surface area (Å²) < 4.78 is 27.1. The normalized spacial score (nSPS) is 11.6. The van der Waals surface area contributed by atoms with Gasteiger partial charge < -0.3 is 5.32 Å². The smallest absolute Gasteiger partial charge is 0.255 e. The Bertz CT molecular complexity index is 880. The molecule has 2 rings (SSSR count). The van der Waals surface area contributed by atoms with E-state index in [2.05, 4.69) is 10.0 Å². The first-order valence-corrected chi connectivity index (χ1v) is 9.60. The van der Waals surface area contributed by atoms with Crippen LogP contribution in [-0.2, 0) is 10.0 Å². The number of hydrogen-bond acceptors (Lipinski definition) is 3. The Morgan fingerprint density at radius 2 is 1.60 bits per heavy atom. The topological polar surface area (TPSA) is 75.3 Å². The quantitative estimate of drug-likeness (QED) is 0.856. The van der Waals surface area contributed by atoms with Gasteiger partial charge in [0.15, 0.2) is 0 Å². The van der Waals surface area contributed by atoms with Gasteiger partial charge in [-0.2, -0.15) is 0 Å². The number of aryl methyl sites for hydroxylation is 3. The van der Waals surface area contributed by atoms with Crippen LogP contribution in [0, 0.1) is 20.8 Å². The molecule has 0 aromatic heterocycles. The second kappa shape index (κ2) is 7.37. The highest BCUT2D eigenvalue weighted by atomic mass is 32.2. The molecule has 1 amide bonds. The summed E-state index contributed by atoms with van der Waals surface area (Å²) in [5, 5.41) is 2.89. The fourth-order valence-electron chi connectivity index (χ4n) is 2.75. The average Bonchev–Trinajstić information content (AvgIpc) is 2.49. The maximum Gasteiger partial charge on any atom is 0.255 e. The highest BCUT2D eigenvalue weighted by Crippen LogP contribution is 2.23. The minimum atomic E-state index is -3.64. The molecule has 0 saturated heterocycles. The van der Waals surface area contributed by atoms with Crippen molar-refractivity contribution in [3.05, 3.63) is 58.7 Å². The van der Waals surface area contributed by atoms with Gasteiger partial charge in [-0.05, 0) is 63.9 Å². The van der Waals surface area contributed by atoms with Gasteiger partial charge >= 0.3 is 0 Å². The average molecular weight is 360 g/mol. The third-order valence-corrected chi connectivity index (χ3v) is 5.37. The summed E-state index contributed by atoms with van der Waals surface area (Å²) in [6, 6.07) is 9.80. The van der Waals surface area contributed by atoms with Crippen LogP contribution in [0.3, 0.4) is 0 Å². The lowest BCUT2D eigenvalue weighted by Crippen LogP contribution is -2.30. The van der Waals surface area contributed by atoms with Gasteiger partial charge in [-0.3, -0.25) is 4.79 Å². The van der Waals surface area contributed by atoms with Gasteiger partial charge in [-0.15, -0.1) is 0 Å². The first-order chi connectivity index (χ1) is 11.6. The van der Waals surface area contributed by atoms with E-state index in [1.165, 1.54) is 12.1 Å². The number of rotatable bonds is 5. The predicted molar refractivity (Wildman–Crippen MR) is 101 cm³/mol. The minimum absolute atomic E-state index is 0.0752. The summed E-state index contributed by atoms with van der Waals surface area (Å²) >= 11 is 0. The molecule has 0 aliphatic heterocycles. The van der Waals surface area contributed by atoms with Gasteiger partial charge in [0.1, 0.15) is 0 Å². The lowest BCUT2D eigenvalue weighted by molar-refractivity contribution is 0.102. The van der Waals surface area contributed by atoms with Gasteiger partial charge in [0.05, 0.1) is 4.90 Å². The monoisotopic (exact) mass is 360 g/mol. The van der Waals surface area contributed by atoms with E-state index in [0.29, 0.717) is 5.56 Å². The van der Waals surface area contributed by atoms with Crippen molar-refractivity contribution >= 4 is 21.6 Å². The number of hydrogen-bond donors (Lipinski definition) is 2. The molecular formula is C19H24N2O3S. The molecule has 0 heterocycles. The summed E-state index contributed by atoms with van der Waals surface area (Å²) in [5.74, 6) is -0.336. The van der Waals surface area contributed by atoms with Crippen molar-refractivity contribution in [2.75, 3.05) is 5.32 Å². The van der Waals surface area contributed by atoms with Gasteiger partial charge in [-0.1, -0.05) is 23.8 Å². The zero-order valence-electron chi connectivity index (χ0n) is 15.2. The van der Waals surface area contributed by atoms with Crippen LogP contribution in [0.2, 0.25) is 0 Å². The van der Waals surface area contributed by atoms with Gasteiger partial charge in [0.2, 0.25) is 10.0 Å². The molecule has 0 atom stereocenters. The van der Waals surface area contributed by atoms with Crippen molar-refractivity contribution in [2.24, 2.45) is 0 Å². The van der Waals surface area contributed by atoms with E-state index in [0.717, 1.165) is 22.4 Å². The predicted octanol–water partition coefficient (Wildman–Crippen LogP) is 3.55. The molecular weight excluding hydrogens is 336 g/mol. The Morgan fingerprint density at radius 1 is 1.00 bits per heavy atom. The molecule has 0 fully saturated rings. The summed E-state index contributed by atoms with van der Waals surface area (Å²) in [5.41, 5.74) is 4.11. The van der Waals surface area contributed by atoms with Crippen molar-refractivity contribution in [3.63, 3.8) is 0 Å². The van der Waals surface area contributed by atoms with Gasteiger partial charge in [0.25, 0.3) is 5.91 Å². The lowest BCUT2D eigenvalue weighted by Gasteiger charge is -2.14. The highest BCUT2D eigenvalue weighted by Gasteiger charge is 2.18. The zero-order chi connectivity index (χ0) is 18.8. The second-order valence-electron chi connectivity index (χ2n) is 6.53. The molecule has 2 N–H and O–H groups in total. The molecule has 2 aromatic carbocycles. The van der Waals surface area contributed by atoms with Crippen molar-refractivity contribution in [1.82, 2.24) is 4.72 Å². The van der Waals surface area contributed by atoms with Crippen LogP contribution in [0.15, 0.2) is 41.3 Å². The van der Waals surface area contributed by atoms with Crippen molar-refractivity contribution in [1.29, 1.82) is 0 Å². The van der Waals surface area contributed by atoms with E-state index in [1.807, 2.05) is 32.9 Å². The van der Waals surface area contributed by atoms with Crippen LogP contribution in [0.5, 0.6) is 0 Å². The molecule has 0 saturated carbocycles. The van der Waals surface area contributed by atoms with E-state index in [-0.39, 0.29) is 16.8 Å². The first kappa shape index (κ1) is 19.1. The van der Waals surface area contributed by atoms with Crippen LogP contribution >= 0.6 is 0 Å². The Kier molecular flexibility index (Phi) is 5.65. The zero-order valence-corrected chi connectivity index (χ0v) is 16.0. The van der Waals surface area contributed by atoms with E-state index >= 15 is 0 Å². The van der Waals surface area contributed by atoms with Crippen LogP contribution in [0.1, 0.15) is 40.9 Å². The number of benzene rings is 2. The summed E-state index contributed by atoms with van der Waals surface area (Å²) in [7, 11) is -3.64. The Balaban J connectivity index is 2.31. The molecule has 0 aliphatic rings. The number of carbonyl (C=O) groups excluding carboxylic acids is 1. The summed E-state index contributed by atoms with van der Waals surface area (Å²) in [6.07, 6.45) is 0. The molecule has 25 heavy (non-hydrogen) atoms. The number of sulfonamides is 1. The SMILES string of the molecule is Cc1cc(C)c(NC(=O)c2cccc(S(=O)(=O)NC(C)C)c2)c(C)c1. The van der Waals surface area contributed by atoms with Crippen LogP contribution in [-0.4, -0.2) is 20.4 Å². The van der Waals surface area contributed by atoms with Gasteiger partial charge in [-0.25, -0.2) is 13.1 Å². The number of carbonyl (C=O) groups is 1. The maximum absolute atomic E-state index is 12.6. The van der Waals surface area contributed by atoms with Crippen LogP contribution < -0.4 is 10.0 Å². The molecule has 134 valence electrons. The Morgan fingerprint density at radius 3 is 2.16 bits per heavy atom. The largest absolute Gasteiger partial charge is 0.322 e. The van der Waals surface area contributed by atoms with E-state index < -0.39 is 10.0 Å². The Labute approximate surface area is 149 Å². The van der Waals surface area contributed by atoms with Crippen LogP contribution in [0.25, 0.3) is 0 Å². The molecule has 6 heteroatoms. The first-order valence-electron chi connectivity index (χ1n) is 8.12. The lowest BCUT2D eigenvalue weighted by atomic mass is 10.0. The molecule has 0 aliphatic carbocycles. The molecule has 2 aromatic rings. The van der Waals surface area contributed by atoms with E-state index in [4.69, 9.17) is 0 Å². The summed E-state index contributed by atoms with van der Waals surface area (Å²) in [4.78, 5) is 12.7. The van der Waals surface area contributed by atoms with E-state index in [1.54, 1.807) is 26.0 Å². The van der Waals surface area contributed by atoms with Crippen LogP contribution in [0.4, 0.5) is 5.69 Å². The third kappa shape index (κ3) is 4.67. The standard InChI is InChI=1S/C19H24N2O3S/c1-12(2)21-25(23,24)17-8-6-7-16(11-17)19(22)20-18-14(4)9-13(3)10-15(18)5/h6-12,21H,1-5H3,(H,20,22). The fraction of sp³-hybridized carbons (Fsp3) is 0.316. The van der Waals surface area contributed by atoms with Crippen molar-refractivity contribution in [2.45, 2.75) is 45.6 Å². The number of amides is 1. The second-order valence-corrected chi connectivity index (χ2v) is 8.25. The molecule has 0 unspecified atom stereocenters. The van der Waals surface area contributed by atoms with Gasteiger partial charge in [0, 0.05) is 17.3 Å². The summed E-state index contributed by atoms with van der Waals surface area (Å²) in [6.45, 7) is 9.36. The number of nitrogens with one attached hydrogen (secondary N) is 2. The Hall–Kier alpha value is -2.18. The molecule has 0 radical (unpaired) electrons. The molecule has 5 nitrogen and oxygen atoms in total. The highest BCUT2D eigenvalue weighted by molar-refractivity contribution is 7.89.